The van der Waals surface area contributed by atoms with Crippen molar-refractivity contribution < 1.29 is 63.9 Å². The lowest BCUT2D eigenvalue weighted by molar-refractivity contribution is -0.376. The zero-order chi connectivity index (χ0) is 64.6. The Morgan fingerprint density at radius 3 is 0.640 bits per heavy atom. The Balaban J connectivity index is 1.98. The fourth-order valence-electron chi connectivity index (χ4n) is 13.4. The molecule has 4 unspecified atom stereocenters. The maximum Gasteiger partial charge on any atom is 0.309 e. The second kappa shape index (κ2) is 59.1. The van der Waals surface area contributed by atoms with E-state index in [-0.39, 0.29) is 23.8 Å². The second-order valence-electron chi connectivity index (χ2n) is 27.9. The van der Waals surface area contributed by atoms with Crippen LogP contribution in [0.3, 0.4) is 0 Å². The Labute approximate surface area is 547 Å². The normalized spacial score (nSPS) is 22.2. The molecular weight excluding hydrogens is 1120 g/mol. The van der Waals surface area contributed by atoms with Crippen LogP contribution in [0.1, 0.15) is 387 Å². The third-order valence-electron chi connectivity index (χ3n) is 19.7. The van der Waals surface area contributed by atoms with Crippen LogP contribution in [-0.4, -0.2) is 117 Å². The Kier molecular flexibility index (Phi) is 55.6. The summed E-state index contributed by atoms with van der Waals surface area (Å²) in [7, 11) is 0. The summed E-state index contributed by atoms with van der Waals surface area (Å²) in [5, 5.41) is 66.6. The lowest BCUT2D eigenvalue weighted by Gasteiger charge is -2.44. The first-order chi connectivity index (χ1) is 43.5. The third-order valence-corrected chi connectivity index (χ3v) is 19.7. The molecule has 2 saturated heterocycles. The zero-order valence-corrected chi connectivity index (χ0v) is 58.5. The lowest BCUT2D eigenvalue weighted by Crippen LogP contribution is -2.64. The minimum atomic E-state index is -1.82. The van der Waals surface area contributed by atoms with Gasteiger partial charge in [0, 0.05) is 0 Å². The molecule has 0 bridgehead atoms. The topological polar surface area (TPSA) is 202 Å². The highest BCUT2D eigenvalue weighted by molar-refractivity contribution is 5.72. The Bertz CT molecular complexity index is 1380. The van der Waals surface area contributed by atoms with E-state index in [1.807, 2.05) is 0 Å². The van der Waals surface area contributed by atoms with E-state index in [0.717, 1.165) is 77.0 Å². The van der Waals surface area contributed by atoms with Crippen LogP contribution in [0.4, 0.5) is 0 Å². The van der Waals surface area contributed by atoms with Crippen molar-refractivity contribution in [3.05, 3.63) is 0 Å². The summed E-state index contributed by atoms with van der Waals surface area (Å²) in [6.07, 6.45) is 51.0. The molecule has 10 atom stereocenters. The number of aliphatic hydroxyl groups excluding tert-OH is 6. The van der Waals surface area contributed by atoms with Crippen molar-refractivity contribution in [2.24, 2.45) is 11.8 Å². The first-order valence-corrected chi connectivity index (χ1v) is 38.9. The van der Waals surface area contributed by atoms with Gasteiger partial charge >= 0.3 is 11.9 Å². The predicted octanol–water partition coefficient (Wildman–Crippen LogP) is 18.9. The number of carbonyl (C=O) groups is 2. The molecule has 0 saturated carbocycles. The molecule has 6 N–H and O–H groups in total. The number of hydrogen-bond donors (Lipinski definition) is 6. The van der Waals surface area contributed by atoms with Crippen molar-refractivity contribution in [2.45, 2.75) is 449 Å². The van der Waals surface area contributed by atoms with Gasteiger partial charge in [-0.15, -0.1) is 0 Å². The van der Waals surface area contributed by atoms with Crippen LogP contribution in [0.2, 0.25) is 0 Å². The summed E-state index contributed by atoms with van der Waals surface area (Å²) < 4.78 is 29.6. The fourth-order valence-corrected chi connectivity index (χ4v) is 13.4. The highest BCUT2D eigenvalue weighted by atomic mass is 16.8. The highest BCUT2D eigenvalue weighted by Gasteiger charge is 2.50. The van der Waals surface area contributed by atoms with Crippen molar-refractivity contribution in [3.63, 3.8) is 0 Å². The van der Waals surface area contributed by atoms with Crippen molar-refractivity contribution in [1.29, 1.82) is 0 Å². The average molecular weight is 1270 g/mol. The van der Waals surface area contributed by atoms with Crippen LogP contribution in [0.5, 0.6) is 0 Å². The van der Waals surface area contributed by atoms with E-state index in [4.69, 9.17) is 23.7 Å². The molecule has 0 aliphatic carbocycles. The van der Waals surface area contributed by atoms with E-state index in [0.29, 0.717) is 25.7 Å². The quantitative estimate of drug-likeness (QED) is 0.0248. The molecular formula is C76H146O13. The van der Waals surface area contributed by atoms with E-state index in [9.17, 15) is 40.2 Å². The van der Waals surface area contributed by atoms with Crippen molar-refractivity contribution in [1.82, 2.24) is 0 Å². The van der Waals surface area contributed by atoms with Crippen LogP contribution in [0.15, 0.2) is 0 Å². The number of carbonyl (C=O) groups excluding carboxylic acids is 2. The molecule has 0 aromatic carbocycles. The van der Waals surface area contributed by atoms with Crippen molar-refractivity contribution >= 4 is 11.9 Å². The first-order valence-electron chi connectivity index (χ1n) is 38.9. The van der Waals surface area contributed by atoms with Gasteiger partial charge in [-0.1, -0.05) is 362 Å². The van der Waals surface area contributed by atoms with Gasteiger partial charge < -0.3 is 54.3 Å². The minimum Gasteiger partial charge on any atom is -0.463 e. The maximum absolute atomic E-state index is 13.9. The Hall–Kier alpha value is -1.42. The first kappa shape index (κ1) is 83.7. The van der Waals surface area contributed by atoms with Crippen LogP contribution >= 0.6 is 0 Å². The molecule has 2 heterocycles. The highest BCUT2D eigenvalue weighted by Crippen LogP contribution is 2.31. The number of rotatable bonds is 64. The number of hydrogen-bond acceptors (Lipinski definition) is 13. The van der Waals surface area contributed by atoms with E-state index in [1.165, 1.54) is 257 Å². The summed E-state index contributed by atoms with van der Waals surface area (Å²) in [4.78, 5) is 27.8. The van der Waals surface area contributed by atoms with Crippen molar-refractivity contribution in [2.75, 3.05) is 13.2 Å². The number of unbranched alkanes of at least 4 members (excludes halogenated alkanes) is 48. The number of ether oxygens (including phenoxy) is 5. The van der Waals surface area contributed by atoms with Gasteiger partial charge in [-0.25, -0.2) is 0 Å². The van der Waals surface area contributed by atoms with Crippen LogP contribution in [0.25, 0.3) is 0 Å². The van der Waals surface area contributed by atoms with E-state index < -0.39 is 74.6 Å². The molecule has 89 heavy (non-hydrogen) atoms. The molecule has 2 aliphatic heterocycles. The monoisotopic (exact) mass is 1270 g/mol. The van der Waals surface area contributed by atoms with E-state index in [1.54, 1.807) is 0 Å². The number of aliphatic hydroxyl groups is 6. The molecule has 0 aromatic rings. The second-order valence-corrected chi connectivity index (χ2v) is 27.9. The largest absolute Gasteiger partial charge is 0.463 e. The summed E-state index contributed by atoms with van der Waals surface area (Å²) in [5.41, 5.74) is 0. The third kappa shape index (κ3) is 42.6. The molecule has 0 spiro atoms. The van der Waals surface area contributed by atoms with Gasteiger partial charge in [0.15, 0.2) is 12.6 Å². The minimum absolute atomic E-state index is 0.322. The van der Waals surface area contributed by atoms with Gasteiger partial charge in [-0.2, -0.15) is 0 Å². The molecule has 2 fully saturated rings. The van der Waals surface area contributed by atoms with Gasteiger partial charge in [0.05, 0.1) is 11.8 Å². The summed E-state index contributed by atoms with van der Waals surface area (Å²) >= 11 is 0. The maximum atomic E-state index is 13.9. The Morgan fingerprint density at radius 2 is 0.449 bits per heavy atom. The molecule has 528 valence electrons. The van der Waals surface area contributed by atoms with Gasteiger partial charge in [0.25, 0.3) is 0 Å². The smallest absolute Gasteiger partial charge is 0.309 e. The number of esters is 2. The molecule has 13 heteroatoms. The summed E-state index contributed by atoms with van der Waals surface area (Å²) in [6.45, 7) is 8.21. The fraction of sp³-hybridized carbons (Fsp3) is 0.974. The standard InChI is InChI=1S/C76H146O13/c1-5-9-13-17-21-25-29-33-37-41-45-49-53-57-63(58-54-50-46-42-38-34-30-26-22-18-14-10-6-2)73(83)85-61-65-67(77)69(79)71(81)75(87-65)89-76-72(82)70(80)68(78)66(88-76)62-86-74(84)64(59-55-51-47-43-39-35-31-27-23-19-15-11-7-3)60-56-52-48-44-40-36-32-28-24-20-16-12-8-4/h63-72,75-82H,5-62H2,1-4H3/t65?,66?,67-,68-,69-,70-,71?,72?,75-,76-/m0/s1. The van der Waals surface area contributed by atoms with E-state index in [2.05, 4.69) is 27.7 Å². The zero-order valence-electron chi connectivity index (χ0n) is 58.5. The van der Waals surface area contributed by atoms with Gasteiger partial charge in [-0.05, 0) is 25.7 Å². The van der Waals surface area contributed by atoms with Crippen LogP contribution < -0.4 is 0 Å². The molecule has 2 rings (SSSR count). The van der Waals surface area contributed by atoms with Gasteiger partial charge in [0.2, 0.25) is 0 Å². The lowest BCUT2D eigenvalue weighted by atomic mass is 9.94. The van der Waals surface area contributed by atoms with Crippen LogP contribution in [0, 0.1) is 11.8 Å². The van der Waals surface area contributed by atoms with Gasteiger partial charge in [0.1, 0.15) is 62.0 Å². The average Bonchev–Trinajstić information content (AvgIpc) is 2.35. The molecule has 2 aliphatic rings. The molecule has 0 radical (unpaired) electrons. The van der Waals surface area contributed by atoms with E-state index >= 15 is 0 Å². The summed E-state index contributed by atoms with van der Waals surface area (Å²) in [6, 6.07) is 0. The summed E-state index contributed by atoms with van der Waals surface area (Å²) in [5.74, 6) is -1.41. The molecule has 13 nitrogen and oxygen atoms in total. The Morgan fingerprint density at radius 1 is 0.270 bits per heavy atom. The van der Waals surface area contributed by atoms with Gasteiger partial charge in [-0.3, -0.25) is 9.59 Å². The molecule has 0 amide bonds. The van der Waals surface area contributed by atoms with Crippen LogP contribution in [-0.2, 0) is 33.3 Å². The SMILES string of the molecule is CCCCCCCCCCCCCCCC(CCCCCCCCCCCCCCC)C(=O)OCC1O[C@@H](O[C@@H]2OC(COC(=O)C(CCCCCCCCCCCCCCC)CCCCCCCCCCCCCCC)[C@H](O)[C@H](O)C2O)C(O)[C@@H](O)[C@H]1O. The molecule has 0 aromatic heterocycles. The predicted molar refractivity (Wildman–Crippen MR) is 365 cm³/mol. The van der Waals surface area contributed by atoms with Crippen molar-refractivity contribution in [3.8, 4) is 0 Å².